The normalized spacial score (nSPS) is 22.5. The van der Waals surface area contributed by atoms with E-state index in [0.29, 0.717) is 9.49 Å². The van der Waals surface area contributed by atoms with Crippen LogP contribution in [0.2, 0.25) is 0 Å². The second-order valence-corrected chi connectivity index (χ2v) is 6.45. The third kappa shape index (κ3) is 1.49. The lowest BCUT2D eigenvalue weighted by atomic mass is 10.2. The summed E-state index contributed by atoms with van der Waals surface area (Å²) in [6, 6.07) is 0. The summed E-state index contributed by atoms with van der Waals surface area (Å²) in [4.78, 5) is 0. The lowest BCUT2D eigenvalue weighted by Crippen LogP contribution is -2.04. The summed E-state index contributed by atoms with van der Waals surface area (Å²) < 4.78 is 0.296. The van der Waals surface area contributed by atoms with Crippen molar-refractivity contribution in [1.29, 1.82) is 0 Å². The SMILES string of the molecule is CSC1(SC)C(=C=C(C)C)C1(C)C. The fraction of sp³-hybridized carbons (Fsp3) is 0.727. The molecule has 0 spiro atoms. The van der Waals surface area contributed by atoms with Crippen LogP contribution in [0.5, 0.6) is 0 Å². The largest absolute Gasteiger partial charge is 0.142 e. The van der Waals surface area contributed by atoms with Crippen LogP contribution in [-0.2, 0) is 0 Å². The fourth-order valence-electron chi connectivity index (χ4n) is 1.87. The maximum absolute atomic E-state index is 3.49. The first kappa shape index (κ1) is 11.3. The molecule has 0 aliphatic heterocycles. The van der Waals surface area contributed by atoms with Gasteiger partial charge in [0.25, 0.3) is 0 Å². The summed E-state index contributed by atoms with van der Waals surface area (Å²) in [5.74, 6) is 0. The Labute approximate surface area is 90.2 Å². The molecule has 0 aromatic heterocycles. The molecule has 0 bridgehead atoms. The Morgan fingerprint density at radius 3 is 1.85 bits per heavy atom. The highest BCUT2D eigenvalue weighted by Crippen LogP contribution is 2.72. The van der Waals surface area contributed by atoms with Crippen molar-refractivity contribution in [2.24, 2.45) is 5.41 Å². The van der Waals surface area contributed by atoms with Gasteiger partial charge in [-0.15, -0.1) is 29.3 Å². The molecule has 0 atom stereocenters. The summed E-state index contributed by atoms with van der Waals surface area (Å²) in [6.07, 6.45) is 4.38. The molecule has 1 saturated carbocycles. The zero-order valence-corrected chi connectivity index (χ0v) is 10.9. The topological polar surface area (TPSA) is 0 Å². The quantitative estimate of drug-likeness (QED) is 0.504. The van der Waals surface area contributed by atoms with Crippen LogP contribution >= 0.6 is 23.5 Å². The standard InChI is InChI=1S/C11H18S2/c1-8(2)7-9-10(3,4)11(9,12-5)13-6/h1-6H3. The summed E-state index contributed by atoms with van der Waals surface area (Å²) in [6.45, 7) is 8.86. The average molecular weight is 214 g/mol. The van der Waals surface area contributed by atoms with Crippen molar-refractivity contribution in [3.63, 3.8) is 0 Å². The molecule has 0 heterocycles. The first-order valence-corrected chi connectivity index (χ1v) is 6.92. The first-order chi connectivity index (χ1) is 5.92. The van der Waals surface area contributed by atoms with Crippen LogP contribution in [0, 0.1) is 5.41 Å². The van der Waals surface area contributed by atoms with Gasteiger partial charge in [0, 0.05) is 11.0 Å². The van der Waals surface area contributed by atoms with E-state index in [1.54, 1.807) is 0 Å². The van der Waals surface area contributed by atoms with Gasteiger partial charge < -0.3 is 0 Å². The van der Waals surface area contributed by atoms with Gasteiger partial charge in [-0.2, -0.15) is 0 Å². The molecule has 0 nitrogen and oxygen atoms in total. The molecule has 13 heavy (non-hydrogen) atoms. The van der Waals surface area contributed by atoms with Crippen LogP contribution in [0.3, 0.4) is 0 Å². The Morgan fingerprint density at radius 1 is 1.15 bits per heavy atom. The van der Waals surface area contributed by atoms with Gasteiger partial charge in [0.15, 0.2) is 0 Å². The minimum absolute atomic E-state index is 0.296. The molecule has 1 aliphatic rings. The van der Waals surface area contributed by atoms with Gasteiger partial charge in [0.2, 0.25) is 0 Å². The van der Waals surface area contributed by atoms with Crippen LogP contribution in [0.1, 0.15) is 27.7 Å². The van der Waals surface area contributed by atoms with E-state index in [0.717, 1.165) is 0 Å². The predicted molar refractivity (Wildman–Crippen MR) is 65.4 cm³/mol. The minimum Gasteiger partial charge on any atom is -0.142 e. The molecule has 1 aliphatic carbocycles. The Morgan fingerprint density at radius 2 is 1.62 bits per heavy atom. The Balaban J connectivity index is 3.15. The van der Waals surface area contributed by atoms with Gasteiger partial charge in [0.05, 0.1) is 4.08 Å². The Bertz CT molecular complexity index is 272. The number of hydrogen-bond donors (Lipinski definition) is 0. The van der Waals surface area contributed by atoms with E-state index in [1.807, 2.05) is 23.5 Å². The molecule has 0 radical (unpaired) electrons. The van der Waals surface area contributed by atoms with E-state index in [2.05, 4.69) is 45.9 Å². The van der Waals surface area contributed by atoms with Crippen LogP contribution in [-0.4, -0.2) is 16.6 Å². The van der Waals surface area contributed by atoms with Gasteiger partial charge in [-0.25, -0.2) is 0 Å². The number of hydrogen-bond acceptors (Lipinski definition) is 2. The lowest BCUT2D eigenvalue weighted by molar-refractivity contribution is 0.678. The molecular weight excluding hydrogens is 196 g/mol. The van der Waals surface area contributed by atoms with E-state index >= 15 is 0 Å². The van der Waals surface area contributed by atoms with E-state index in [9.17, 15) is 0 Å². The molecular formula is C11H18S2. The van der Waals surface area contributed by atoms with Gasteiger partial charge in [-0.1, -0.05) is 13.8 Å². The highest BCUT2D eigenvalue weighted by atomic mass is 32.2. The Kier molecular flexibility index (Phi) is 2.97. The number of rotatable bonds is 2. The van der Waals surface area contributed by atoms with E-state index in [4.69, 9.17) is 0 Å². The second kappa shape index (κ2) is 3.42. The molecule has 2 heteroatoms. The molecule has 74 valence electrons. The molecule has 0 aromatic carbocycles. The van der Waals surface area contributed by atoms with Crippen molar-refractivity contribution in [2.75, 3.05) is 12.5 Å². The average Bonchev–Trinajstić information content (AvgIpc) is 2.48. The van der Waals surface area contributed by atoms with E-state index in [-0.39, 0.29) is 0 Å². The smallest absolute Gasteiger partial charge is 0.0989 e. The van der Waals surface area contributed by atoms with Gasteiger partial charge in [-0.05, 0) is 31.9 Å². The third-order valence-corrected chi connectivity index (χ3v) is 6.24. The molecule has 0 aromatic rings. The predicted octanol–water partition coefficient (Wildman–Crippen LogP) is 3.94. The minimum atomic E-state index is 0.296. The highest BCUT2D eigenvalue weighted by molar-refractivity contribution is 8.18. The van der Waals surface area contributed by atoms with Crippen molar-refractivity contribution in [2.45, 2.75) is 31.8 Å². The Hall–Kier alpha value is 0.220. The fourth-order valence-corrected chi connectivity index (χ4v) is 4.68. The van der Waals surface area contributed by atoms with Crippen LogP contribution in [0.15, 0.2) is 16.9 Å². The first-order valence-electron chi connectivity index (χ1n) is 4.47. The molecule has 1 fully saturated rings. The van der Waals surface area contributed by atoms with Crippen molar-refractivity contribution in [3.8, 4) is 0 Å². The van der Waals surface area contributed by atoms with Gasteiger partial charge in [0.1, 0.15) is 0 Å². The van der Waals surface area contributed by atoms with Crippen molar-refractivity contribution >= 4 is 23.5 Å². The summed E-state index contributed by atoms with van der Waals surface area (Å²) in [7, 11) is 0. The van der Waals surface area contributed by atoms with E-state index in [1.165, 1.54) is 11.1 Å². The lowest BCUT2D eigenvalue weighted by Gasteiger charge is -2.11. The molecule has 0 unspecified atom stereocenters. The van der Waals surface area contributed by atoms with Crippen LogP contribution < -0.4 is 0 Å². The van der Waals surface area contributed by atoms with Gasteiger partial charge >= 0.3 is 0 Å². The zero-order valence-electron chi connectivity index (χ0n) is 9.32. The number of thioether (sulfide) groups is 2. The summed E-state index contributed by atoms with van der Waals surface area (Å²) in [5.41, 5.74) is 6.57. The third-order valence-electron chi connectivity index (χ3n) is 2.66. The van der Waals surface area contributed by atoms with Gasteiger partial charge in [-0.3, -0.25) is 0 Å². The zero-order chi connectivity index (χ0) is 10.3. The molecule has 0 N–H and O–H groups in total. The molecule has 1 rings (SSSR count). The summed E-state index contributed by atoms with van der Waals surface area (Å²) >= 11 is 3.89. The highest BCUT2D eigenvalue weighted by Gasteiger charge is 2.66. The molecule has 0 saturated heterocycles. The van der Waals surface area contributed by atoms with Crippen LogP contribution in [0.25, 0.3) is 0 Å². The van der Waals surface area contributed by atoms with Crippen LogP contribution in [0.4, 0.5) is 0 Å². The van der Waals surface area contributed by atoms with Crippen molar-refractivity contribution < 1.29 is 0 Å². The molecule has 0 amide bonds. The van der Waals surface area contributed by atoms with Crippen molar-refractivity contribution in [3.05, 3.63) is 16.9 Å². The maximum Gasteiger partial charge on any atom is 0.0989 e. The maximum atomic E-state index is 3.49. The summed E-state index contributed by atoms with van der Waals surface area (Å²) in [5, 5.41) is 0. The monoisotopic (exact) mass is 214 g/mol. The van der Waals surface area contributed by atoms with Crippen molar-refractivity contribution in [1.82, 2.24) is 0 Å². The van der Waals surface area contributed by atoms with E-state index < -0.39 is 0 Å². The second-order valence-electron chi connectivity index (χ2n) is 4.15.